The number of unbranched alkanes of at least 4 members (excludes halogenated alkanes) is 2. The lowest BCUT2D eigenvalue weighted by molar-refractivity contribution is 0.278. The normalized spacial score (nSPS) is 15.3. The van der Waals surface area contributed by atoms with Crippen LogP contribution in [0.4, 0.5) is 5.95 Å². The number of hydrogen-bond donors (Lipinski definition) is 0. The summed E-state index contributed by atoms with van der Waals surface area (Å²) in [6, 6.07) is 0. The Morgan fingerprint density at radius 1 is 1.17 bits per heavy atom. The average molecular weight is 434 g/mol. The van der Waals surface area contributed by atoms with Gasteiger partial charge in [0.25, 0.3) is 5.56 Å². The van der Waals surface area contributed by atoms with E-state index < -0.39 is 8.32 Å². The van der Waals surface area contributed by atoms with E-state index in [1.54, 1.807) is 10.7 Å². The second-order valence-electron chi connectivity index (χ2n) is 10.3. The Kier molecular flexibility index (Phi) is 6.77. The average Bonchev–Trinajstić information content (AvgIpc) is 3.08. The molecule has 1 aliphatic heterocycles. The summed E-state index contributed by atoms with van der Waals surface area (Å²) in [5.41, 5.74) is 0.596. The lowest BCUT2D eigenvalue weighted by Crippen LogP contribution is -2.41. The third-order valence-corrected chi connectivity index (χ3v) is 11.1. The van der Waals surface area contributed by atoms with Crippen LogP contribution in [0.1, 0.15) is 72.0 Å². The van der Waals surface area contributed by atoms with E-state index in [0.717, 1.165) is 63.7 Å². The monoisotopic (exact) mass is 433 g/mol. The first-order valence-corrected chi connectivity index (χ1v) is 14.3. The van der Waals surface area contributed by atoms with Crippen molar-refractivity contribution in [2.75, 3.05) is 24.6 Å². The summed E-state index contributed by atoms with van der Waals surface area (Å²) in [7, 11) is -1.65. The maximum Gasteiger partial charge on any atom is 0.280 e. The highest BCUT2D eigenvalue weighted by molar-refractivity contribution is 6.74. The van der Waals surface area contributed by atoms with Crippen LogP contribution in [0.15, 0.2) is 11.0 Å². The molecule has 0 atom stereocenters. The SMILES string of the molecule is CC(C)c1ncc2c(=O)n3c(nn12)N(CCCCCO[Si](C)(C)C(C)(C)C)CCC3. The van der Waals surface area contributed by atoms with Crippen molar-refractivity contribution in [1.82, 2.24) is 19.2 Å². The predicted molar refractivity (Wildman–Crippen MR) is 125 cm³/mol. The zero-order valence-electron chi connectivity index (χ0n) is 19.9. The summed E-state index contributed by atoms with van der Waals surface area (Å²) in [5, 5.41) is 5.10. The summed E-state index contributed by atoms with van der Waals surface area (Å²) in [6.07, 6.45) is 5.93. The van der Waals surface area contributed by atoms with Crippen molar-refractivity contribution in [3.63, 3.8) is 0 Å². The summed E-state index contributed by atoms with van der Waals surface area (Å²) in [6.45, 7) is 19.1. The molecule has 0 radical (unpaired) electrons. The maximum absolute atomic E-state index is 13.0. The minimum Gasteiger partial charge on any atom is -0.417 e. The number of rotatable bonds is 8. The van der Waals surface area contributed by atoms with Crippen molar-refractivity contribution in [2.24, 2.45) is 0 Å². The Morgan fingerprint density at radius 2 is 1.90 bits per heavy atom. The molecule has 0 amide bonds. The Labute approximate surface area is 181 Å². The third kappa shape index (κ3) is 4.64. The Balaban J connectivity index is 1.62. The minimum atomic E-state index is -1.65. The number of aromatic nitrogens is 4. The van der Waals surface area contributed by atoms with E-state index in [4.69, 9.17) is 9.52 Å². The Morgan fingerprint density at radius 3 is 2.57 bits per heavy atom. The van der Waals surface area contributed by atoms with Gasteiger partial charge in [-0.25, -0.2) is 9.50 Å². The molecule has 2 aromatic heterocycles. The van der Waals surface area contributed by atoms with Crippen LogP contribution >= 0.6 is 0 Å². The molecular formula is C22H39N5O2Si. The van der Waals surface area contributed by atoms with Gasteiger partial charge in [-0.15, -0.1) is 5.10 Å². The van der Waals surface area contributed by atoms with Crippen LogP contribution in [0.25, 0.3) is 5.52 Å². The Hall–Kier alpha value is -1.67. The molecule has 168 valence electrons. The highest BCUT2D eigenvalue weighted by Crippen LogP contribution is 2.36. The summed E-state index contributed by atoms with van der Waals surface area (Å²) >= 11 is 0. The van der Waals surface area contributed by atoms with Crippen LogP contribution in [0.5, 0.6) is 0 Å². The summed E-state index contributed by atoms with van der Waals surface area (Å²) in [5.74, 6) is 1.86. The van der Waals surface area contributed by atoms with Crippen molar-refractivity contribution in [1.29, 1.82) is 0 Å². The van der Waals surface area contributed by atoms with Crippen LogP contribution in [-0.2, 0) is 11.0 Å². The van der Waals surface area contributed by atoms with Gasteiger partial charge < -0.3 is 9.33 Å². The second kappa shape index (κ2) is 8.83. The van der Waals surface area contributed by atoms with E-state index in [9.17, 15) is 4.79 Å². The van der Waals surface area contributed by atoms with Crippen molar-refractivity contribution in [3.05, 3.63) is 22.4 Å². The van der Waals surface area contributed by atoms with Gasteiger partial charge in [0, 0.05) is 32.2 Å². The molecule has 3 rings (SSSR count). The van der Waals surface area contributed by atoms with Gasteiger partial charge in [-0.05, 0) is 43.8 Å². The number of imidazole rings is 1. The number of anilines is 1. The molecule has 0 bridgehead atoms. The molecule has 0 fully saturated rings. The molecule has 0 aromatic carbocycles. The van der Waals surface area contributed by atoms with E-state index in [0.29, 0.717) is 5.52 Å². The fraction of sp³-hybridized carbons (Fsp3) is 0.773. The third-order valence-electron chi connectivity index (χ3n) is 6.61. The van der Waals surface area contributed by atoms with Crippen LogP contribution < -0.4 is 10.5 Å². The van der Waals surface area contributed by atoms with E-state index >= 15 is 0 Å². The van der Waals surface area contributed by atoms with Crippen LogP contribution in [-0.4, -0.2) is 47.2 Å². The zero-order valence-corrected chi connectivity index (χ0v) is 20.9. The molecule has 0 N–H and O–H groups in total. The van der Waals surface area contributed by atoms with Gasteiger partial charge in [0.05, 0.1) is 6.20 Å². The van der Waals surface area contributed by atoms with Crippen molar-refractivity contribution < 1.29 is 4.43 Å². The van der Waals surface area contributed by atoms with E-state index in [1.165, 1.54) is 0 Å². The molecule has 0 saturated carbocycles. The molecule has 7 nitrogen and oxygen atoms in total. The van der Waals surface area contributed by atoms with Crippen molar-refractivity contribution >= 4 is 19.8 Å². The largest absolute Gasteiger partial charge is 0.417 e. The minimum absolute atomic E-state index is 0.0203. The van der Waals surface area contributed by atoms with Crippen LogP contribution in [0.3, 0.4) is 0 Å². The lowest BCUT2D eigenvalue weighted by atomic mass is 10.2. The smallest absolute Gasteiger partial charge is 0.280 e. The molecule has 0 unspecified atom stereocenters. The fourth-order valence-electron chi connectivity index (χ4n) is 3.67. The van der Waals surface area contributed by atoms with Gasteiger partial charge in [0.1, 0.15) is 5.82 Å². The first kappa shape index (κ1) is 23.0. The number of nitrogens with zero attached hydrogens (tertiary/aromatic N) is 5. The standard InChI is InChI=1S/C22H39N5O2Si/c1-17(2)19-23-16-18-20(28)26-14-11-13-25(21(26)24-27(18)19)12-9-8-10-15-29-30(6,7)22(3,4)5/h16-17H,8-15H2,1-7H3. The molecule has 3 heterocycles. The van der Waals surface area contributed by atoms with Crippen LogP contribution in [0, 0.1) is 0 Å². The molecule has 30 heavy (non-hydrogen) atoms. The van der Waals surface area contributed by atoms with Gasteiger partial charge in [0.2, 0.25) is 5.95 Å². The first-order chi connectivity index (χ1) is 14.0. The van der Waals surface area contributed by atoms with E-state index in [2.05, 4.69) is 57.6 Å². The zero-order chi connectivity index (χ0) is 22.1. The molecule has 2 aromatic rings. The second-order valence-corrected chi connectivity index (χ2v) is 15.1. The highest BCUT2D eigenvalue weighted by atomic mass is 28.4. The highest BCUT2D eigenvalue weighted by Gasteiger charge is 2.36. The molecule has 0 aliphatic carbocycles. The van der Waals surface area contributed by atoms with Gasteiger partial charge in [-0.1, -0.05) is 34.6 Å². The summed E-state index contributed by atoms with van der Waals surface area (Å²) < 4.78 is 9.87. The first-order valence-electron chi connectivity index (χ1n) is 11.4. The topological polar surface area (TPSA) is 64.7 Å². The van der Waals surface area contributed by atoms with Gasteiger partial charge in [0.15, 0.2) is 13.8 Å². The van der Waals surface area contributed by atoms with Crippen molar-refractivity contribution in [2.45, 2.75) is 90.9 Å². The van der Waals surface area contributed by atoms with E-state index in [1.807, 2.05) is 4.57 Å². The molecule has 8 heteroatoms. The van der Waals surface area contributed by atoms with Gasteiger partial charge in [-0.2, -0.15) is 0 Å². The quantitative estimate of drug-likeness (QED) is 0.455. The lowest BCUT2D eigenvalue weighted by Gasteiger charge is -2.36. The Bertz CT molecular complexity index is 926. The van der Waals surface area contributed by atoms with Crippen LogP contribution in [0.2, 0.25) is 18.1 Å². The summed E-state index contributed by atoms with van der Waals surface area (Å²) in [4.78, 5) is 19.7. The van der Waals surface area contributed by atoms with Gasteiger partial charge in [-0.3, -0.25) is 9.36 Å². The molecular weight excluding hydrogens is 394 g/mol. The van der Waals surface area contributed by atoms with Gasteiger partial charge >= 0.3 is 0 Å². The molecule has 0 saturated heterocycles. The maximum atomic E-state index is 13.0. The molecule has 0 spiro atoms. The fourth-order valence-corrected chi connectivity index (χ4v) is 4.76. The number of hydrogen-bond acceptors (Lipinski definition) is 5. The van der Waals surface area contributed by atoms with E-state index in [-0.39, 0.29) is 16.5 Å². The predicted octanol–water partition coefficient (Wildman–Crippen LogP) is 4.42. The number of fused-ring (bicyclic) bond motifs is 2. The molecule has 1 aliphatic rings. The van der Waals surface area contributed by atoms with Crippen molar-refractivity contribution in [3.8, 4) is 0 Å².